The molecule has 0 amide bonds. The van der Waals surface area contributed by atoms with Crippen molar-refractivity contribution in [3.63, 3.8) is 0 Å². The zero-order chi connectivity index (χ0) is 12.5. The van der Waals surface area contributed by atoms with Crippen molar-refractivity contribution in [3.05, 3.63) is 0 Å². The second-order valence-corrected chi connectivity index (χ2v) is 6.36. The van der Waals surface area contributed by atoms with E-state index in [-0.39, 0.29) is 11.4 Å². The van der Waals surface area contributed by atoms with E-state index in [1.54, 1.807) is 0 Å². The van der Waals surface area contributed by atoms with Crippen LogP contribution in [0.2, 0.25) is 0 Å². The van der Waals surface area contributed by atoms with Crippen LogP contribution in [0.25, 0.3) is 0 Å². The summed E-state index contributed by atoms with van der Waals surface area (Å²) in [6, 6.07) is 0. The Morgan fingerprint density at radius 2 is 1.40 bits per heavy atom. The molecule has 0 aromatic heterocycles. The Bertz CT molecular complexity index is 231. The summed E-state index contributed by atoms with van der Waals surface area (Å²) in [6.07, 6.45) is 0.958. The van der Waals surface area contributed by atoms with Crippen LogP contribution in [0.15, 0.2) is 0 Å². The van der Waals surface area contributed by atoms with Gasteiger partial charge in [-0.2, -0.15) is 0 Å². The molecule has 0 heterocycles. The molecule has 0 fully saturated rings. The van der Waals surface area contributed by atoms with Gasteiger partial charge >= 0.3 is 5.97 Å². The van der Waals surface area contributed by atoms with Gasteiger partial charge in [-0.05, 0) is 46.5 Å². The summed E-state index contributed by atoms with van der Waals surface area (Å²) >= 11 is 0. The van der Waals surface area contributed by atoms with E-state index in [0.717, 1.165) is 6.42 Å². The van der Waals surface area contributed by atoms with Crippen molar-refractivity contribution in [2.75, 3.05) is 0 Å². The summed E-state index contributed by atoms with van der Waals surface area (Å²) in [4.78, 5) is 12.1. The topological polar surface area (TPSA) is 26.3 Å². The van der Waals surface area contributed by atoms with Crippen LogP contribution in [0.5, 0.6) is 0 Å². The van der Waals surface area contributed by atoms with Crippen LogP contribution in [0.4, 0.5) is 0 Å². The predicted octanol–water partition coefficient (Wildman–Crippen LogP) is 3.79. The summed E-state index contributed by atoms with van der Waals surface area (Å²) in [5, 5.41) is 0. The van der Waals surface area contributed by atoms with Crippen molar-refractivity contribution in [1.82, 2.24) is 0 Å². The lowest BCUT2D eigenvalue weighted by Gasteiger charge is -2.40. The van der Waals surface area contributed by atoms with E-state index in [2.05, 4.69) is 20.8 Å². The molecule has 0 aromatic rings. The van der Waals surface area contributed by atoms with Gasteiger partial charge in [0.15, 0.2) is 0 Å². The Balaban J connectivity index is 4.82. The molecule has 0 unspecified atom stereocenters. The average molecular weight is 214 g/mol. The quantitative estimate of drug-likeness (QED) is 0.668. The third-order valence-electron chi connectivity index (χ3n) is 3.49. The predicted molar refractivity (Wildman–Crippen MR) is 63.7 cm³/mol. The van der Waals surface area contributed by atoms with E-state index in [4.69, 9.17) is 4.74 Å². The summed E-state index contributed by atoms with van der Waals surface area (Å²) in [6.45, 7) is 16.0. The van der Waals surface area contributed by atoms with Crippen LogP contribution < -0.4 is 0 Å². The van der Waals surface area contributed by atoms with Crippen molar-refractivity contribution in [3.8, 4) is 0 Å². The van der Waals surface area contributed by atoms with Crippen molar-refractivity contribution >= 4 is 5.97 Å². The van der Waals surface area contributed by atoms with Crippen LogP contribution in [0, 0.1) is 10.8 Å². The smallest absolute Gasteiger partial charge is 0.312 e. The van der Waals surface area contributed by atoms with E-state index < -0.39 is 11.0 Å². The van der Waals surface area contributed by atoms with Gasteiger partial charge in [0.2, 0.25) is 0 Å². The highest BCUT2D eigenvalue weighted by molar-refractivity contribution is 5.77. The molecule has 90 valence electrons. The maximum absolute atomic E-state index is 12.1. The lowest BCUT2D eigenvalue weighted by Crippen LogP contribution is -2.43. The molecule has 0 rings (SSSR count). The molecule has 0 radical (unpaired) electrons. The maximum atomic E-state index is 12.1. The fourth-order valence-corrected chi connectivity index (χ4v) is 1.12. The maximum Gasteiger partial charge on any atom is 0.312 e. The van der Waals surface area contributed by atoms with Gasteiger partial charge in [0, 0.05) is 0 Å². The normalized spacial score (nSPS) is 13.9. The van der Waals surface area contributed by atoms with Crippen molar-refractivity contribution in [2.24, 2.45) is 10.8 Å². The summed E-state index contributed by atoms with van der Waals surface area (Å²) in [5.41, 5.74) is -0.900. The number of carbonyl (C=O) groups excluding carboxylic acids is 1. The van der Waals surface area contributed by atoms with Crippen LogP contribution >= 0.6 is 0 Å². The zero-order valence-electron chi connectivity index (χ0n) is 11.5. The third kappa shape index (κ3) is 3.51. The molecule has 2 heteroatoms. The number of hydrogen-bond acceptors (Lipinski definition) is 2. The molecular formula is C13H26O2. The first-order valence-corrected chi connectivity index (χ1v) is 5.67. The molecular weight excluding hydrogens is 188 g/mol. The second kappa shape index (κ2) is 4.15. The molecule has 15 heavy (non-hydrogen) atoms. The largest absolute Gasteiger partial charge is 0.460 e. The molecule has 0 aliphatic rings. The third-order valence-corrected chi connectivity index (χ3v) is 3.49. The number of rotatable bonds is 3. The lowest BCUT2D eigenvalue weighted by molar-refractivity contribution is -0.172. The van der Waals surface area contributed by atoms with E-state index in [0.29, 0.717) is 0 Å². The van der Waals surface area contributed by atoms with Crippen LogP contribution in [-0.2, 0) is 9.53 Å². The fraction of sp³-hybridized carbons (Fsp3) is 0.923. The Kier molecular flexibility index (Phi) is 4.00. The molecule has 0 aliphatic heterocycles. The highest BCUT2D eigenvalue weighted by atomic mass is 16.6. The molecule has 0 bridgehead atoms. The van der Waals surface area contributed by atoms with E-state index in [1.807, 2.05) is 34.6 Å². The monoisotopic (exact) mass is 214 g/mol. The lowest BCUT2D eigenvalue weighted by atomic mass is 9.66. The minimum absolute atomic E-state index is 0.0463. The van der Waals surface area contributed by atoms with Gasteiger partial charge in [-0.3, -0.25) is 4.79 Å². The number of hydrogen-bond donors (Lipinski definition) is 0. The number of ether oxygens (including phenoxy) is 1. The van der Waals surface area contributed by atoms with Gasteiger partial charge in [0.05, 0.1) is 5.41 Å². The Labute approximate surface area is 94.4 Å². The van der Waals surface area contributed by atoms with Gasteiger partial charge in [-0.1, -0.05) is 20.8 Å². The highest BCUT2D eigenvalue weighted by Crippen LogP contribution is 2.42. The molecule has 0 aromatic carbocycles. The average Bonchev–Trinajstić information content (AvgIpc) is 2.00. The second-order valence-electron chi connectivity index (χ2n) is 6.36. The minimum atomic E-state index is -0.449. The number of carbonyl (C=O) groups is 1. The molecule has 0 atom stereocenters. The highest BCUT2D eigenvalue weighted by Gasteiger charge is 2.44. The van der Waals surface area contributed by atoms with Crippen molar-refractivity contribution < 1.29 is 9.53 Å². The van der Waals surface area contributed by atoms with Gasteiger partial charge in [0.25, 0.3) is 0 Å². The van der Waals surface area contributed by atoms with E-state index in [1.165, 1.54) is 0 Å². The van der Waals surface area contributed by atoms with Gasteiger partial charge < -0.3 is 4.74 Å². The molecule has 0 aliphatic carbocycles. The van der Waals surface area contributed by atoms with E-state index in [9.17, 15) is 4.79 Å². The standard InChI is InChI=1S/C13H26O2/c1-9-12(5,6)13(7,8)10(14)15-11(2,3)4/h9H2,1-8H3. The Hall–Kier alpha value is -0.530. The first kappa shape index (κ1) is 14.5. The first-order valence-electron chi connectivity index (χ1n) is 5.67. The molecule has 0 N–H and O–H groups in total. The zero-order valence-corrected chi connectivity index (χ0v) is 11.5. The van der Waals surface area contributed by atoms with Crippen LogP contribution in [0.1, 0.15) is 61.8 Å². The summed E-state index contributed by atoms with van der Waals surface area (Å²) < 4.78 is 5.45. The van der Waals surface area contributed by atoms with Crippen molar-refractivity contribution in [2.45, 2.75) is 67.4 Å². The summed E-state index contributed by atoms with van der Waals surface area (Å²) in [7, 11) is 0. The summed E-state index contributed by atoms with van der Waals surface area (Å²) in [5.74, 6) is -0.109. The van der Waals surface area contributed by atoms with Gasteiger partial charge in [0.1, 0.15) is 5.60 Å². The van der Waals surface area contributed by atoms with Crippen molar-refractivity contribution in [1.29, 1.82) is 0 Å². The first-order chi connectivity index (χ1) is 6.44. The SMILES string of the molecule is CCC(C)(C)C(C)(C)C(=O)OC(C)(C)C. The minimum Gasteiger partial charge on any atom is -0.460 e. The molecule has 0 saturated heterocycles. The van der Waals surface area contributed by atoms with Gasteiger partial charge in [-0.15, -0.1) is 0 Å². The van der Waals surface area contributed by atoms with Crippen LogP contribution in [0.3, 0.4) is 0 Å². The van der Waals surface area contributed by atoms with E-state index >= 15 is 0 Å². The fourth-order valence-electron chi connectivity index (χ4n) is 1.12. The Morgan fingerprint density at radius 1 is 1.00 bits per heavy atom. The number of esters is 1. The molecule has 2 nitrogen and oxygen atoms in total. The van der Waals surface area contributed by atoms with Gasteiger partial charge in [-0.25, -0.2) is 0 Å². The molecule has 0 saturated carbocycles. The van der Waals surface area contributed by atoms with Crippen LogP contribution in [-0.4, -0.2) is 11.6 Å². The Morgan fingerprint density at radius 3 is 1.67 bits per heavy atom. The molecule has 0 spiro atoms.